The van der Waals surface area contributed by atoms with Gasteiger partial charge in [0, 0.05) is 102 Å². The predicted octanol–water partition coefficient (Wildman–Crippen LogP) is 8.57. The van der Waals surface area contributed by atoms with Gasteiger partial charge >= 0.3 is 0 Å². The van der Waals surface area contributed by atoms with Gasteiger partial charge in [-0.1, -0.05) is 47.2 Å². The Morgan fingerprint density at radius 3 is 1.55 bits per heavy atom. The maximum Gasteiger partial charge on any atom is 0.294 e. The Morgan fingerprint density at radius 1 is 0.635 bits per heavy atom. The number of nitrogens with one attached hydrogen (secondary N) is 3. The SMILES string of the molecule is COC(CN)(OC)c1ccncc1.COC(CNC(=S)Nc1ncccc1C)(OC)c1ccncc1.Cc1ccc(S(=O)(=O)O)cc1.Cc1cccnc1N.Cc1cccnc1Nc1ncc(-c2ccncc2)s1. The van der Waals surface area contributed by atoms with Crippen LogP contribution in [0, 0.1) is 27.7 Å². The molecule has 0 atom stereocenters. The number of pyridine rings is 6. The van der Waals surface area contributed by atoms with Crippen LogP contribution in [0.25, 0.3) is 10.4 Å². The maximum atomic E-state index is 10.5. The highest BCUT2D eigenvalue weighted by molar-refractivity contribution is 7.85. The van der Waals surface area contributed by atoms with Crippen molar-refractivity contribution in [2.24, 2.45) is 5.73 Å². The van der Waals surface area contributed by atoms with Crippen molar-refractivity contribution in [2.45, 2.75) is 44.2 Å². The molecule has 0 aliphatic heterocycles. The molecule has 0 radical (unpaired) electrons. The van der Waals surface area contributed by atoms with Crippen molar-refractivity contribution in [3.63, 3.8) is 0 Å². The van der Waals surface area contributed by atoms with E-state index in [1.165, 1.54) is 12.1 Å². The van der Waals surface area contributed by atoms with Crippen LogP contribution in [0.3, 0.4) is 0 Å². The second-order valence-electron chi connectivity index (χ2n) is 15.5. The van der Waals surface area contributed by atoms with Gasteiger partial charge in [0.25, 0.3) is 10.1 Å². The molecule has 19 nitrogen and oxygen atoms in total. The lowest BCUT2D eigenvalue weighted by Gasteiger charge is -2.31. The number of anilines is 4. The minimum atomic E-state index is -4.02. The van der Waals surface area contributed by atoms with E-state index in [0.717, 1.165) is 54.8 Å². The summed E-state index contributed by atoms with van der Waals surface area (Å²) in [7, 11) is 2.29. The normalized spacial score (nSPS) is 10.8. The summed E-state index contributed by atoms with van der Waals surface area (Å²) in [6.45, 7) is 8.36. The number of nitrogens with two attached hydrogens (primary N) is 2. The third kappa shape index (κ3) is 18.4. The van der Waals surface area contributed by atoms with Crippen LogP contribution in [-0.4, -0.2) is 94.5 Å². The van der Waals surface area contributed by atoms with Crippen LogP contribution in [0.4, 0.5) is 22.6 Å². The van der Waals surface area contributed by atoms with E-state index in [4.69, 9.17) is 47.2 Å². The highest BCUT2D eigenvalue weighted by Gasteiger charge is 2.32. The topological polar surface area (TPSA) is 270 Å². The van der Waals surface area contributed by atoms with Gasteiger partial charge in [-0.15, -0.1) is 0 Å². The van der Waals surface area contributed by atoms with Gasteiger partial charge in [-0.3, -0.25) is 19.5 Å². The first-order valence-electron chi connectivity index (χ1n) is 22.5. The number of nitrogens with zero attached hydrogens (tertiary/aromatic N) is 7. The summed E-state index contributed by atoms with van der Waals surface area (Å²) in [5.41, 5.74) is 17.9. The van der Waals surface area contributed by atoms with Crippen molar-refractivity contribution in [1.29, 1.82) is 0 Å². The van der Waals surface area contributed by atoms with Crippen LogP contribution >= 0.6 is 23.6 Å². The highest BCUT2D eigenvalue weighted by atomic mass is 32.2. The summed E-state index contributed by atoms with van der Waals surface area (Å²) in [4.78, 5) is 29.8. The Bertz CT molecular complexity index is 2980. The molecule has 0 unspecified atom stereocenters. The first-order valence-corrected chi connectivity index (χ1v) is 25.1. The molecule has 7 aromatic heterocycles. The molecule has 8 N–H and O–H groups in total. The van der Waals surface area contributed by atoms with E-state index >= 15 is 0 Å². The molecule has 0 spiro atoms. The zero-order chi connectivity index (χ0) is 54.0. The molecule has 22 heteroatoms. The van der Waals surface area contributed by atoms with Crippen LogP contribution in [0.15, 0.2) is 164 Å². The second kappa shape index (κ2) is 30.1. The summed E-state index contributed by atoms with van der Waals surface area (Å²) in [5.74, 6) is 0.386. The van der Waals surface area contributed by atoms with Gasteiger partial charge in [0.15, 0.2) is 10.2 Å². The average Bonchev–Trinajstić information content (AvgIpc) is 3.90. The van der Waals surface area contributed by atoms with Crippen LogP contribution in [-0.2, 0) is 40.6 Å². The number of nitrogen functional groups attached to an aromatic ring is 1. The largest absolute Gasteiger partial charge is 0.383 e. The molecule has 0 aliphatic carbocycles. The first-order chi connectivity index (χ1) is 35.5. The molecule has 8 rings (SSSR count). The van der Waals surface area contributed by atoms with E-state index in [0.29, 0.717) is 23.3 Å². The fourth-order valence-corrected chi connectivity index (χ4v) is 7.72. The highest BCUT2D eigenvalue weighted by Crippen LogP contribution is 2.30. The molecular formula is C52H62N12O7S3. The molecule has 0 amide bonds. The summed E-state index contributed by atoms with van der Waals surface area (Å²) < 4.78 is 51.2. The zero-order valence-electron chi connectivity index (χ0n) is 42.3. The smallest absolute Gasteiger partial charge is 0.294 e. The van der Waals surface area contributed by atoms with Crippen molar-refractivity contribution in [3.05, 3.63) is 192 Å². The molecule has 0 bridgehead atoms. The van der Waals surface area contributed by atoms with Gasteiger partial charge in [-0.25, -0.2) is 19.9 Å². The lowest BCUT2D eigenvalue weighted by atomic mass is 10.1. The number of benzene rings is 1. The summed E-state index contributed by atoms with van der Waals surface area (Å²) in [6.07, 6.45) is 17.3. The van der Waals surface area contributed by atoms with Crippen LogP contribution in [0.5, 0.6) is 0 Å². The molecular weight excluding hydrogens is 1000 g/mol. The molecule has 7 heterocycles. The molecule has 74 heavy (non-hydrogen) atoms. The number of rotatable bonds is 14. The fourth-order valence-electron chi connectivity index (χ4n) is 6.25. The third-order valence-electron chi connectivity index (χ3n) is 10.6. The number of methoxy groups -OCH3 is 4. The number of ether oxygens (including phenoxy) is 4. The Balaban J connectivity index is 0.000000210. The van der Waals surface area contributed by atoms with Gasteiger partial charge in [0.05, 0.1) is 22.9 Å². The summed E-state index contributed by atoms with van der Waals surface area (Å²) in [6, 6.07) is 28.8. The number of hydrogen-bond donors (Lipinski definition) is 6. The molecule has 8 aromatic rings. The van der Waals surface area contributed by atoms with Gasteiger partial charge in [-0.05, 0) is 129 Å². The van der Waals surface area contributed by atoms with E-state index in [-0.39, 0.29) is 11.4 Å². The third-order valence-corrected chi connectivity index (χ3v) is 12.7. The predicted molar refractivity (Wildman–Crippen MR) is 294 cm³/mol. The fraction of sp³-hybridized carbons (Fsp3) is 0.231. The second-order valence-corrected chi connectivity index (χ2v) is 18.4. The standard InChI is InChI=1S/C16H20N4O2S.C14H12N4S.C9H14N2O2.C7H8O3S.C6H8N2/c1-12-5-4-8-18-14(12)20-15(23)19-11-16(21-2,22-3)13-6-9-17-10-7-13;1-10-3-2-6-16-13(10)18-14-17-9-12(19-14)11-4-7-15-8-5-11;1-12-9(7-10,13-2)8-3-5-11-6-4-8;1-6-2-4-7(5-3-6)11(8,9)10;1-5-3-2-4-8-6(5)7/h4-10H,11H2,1-3H3,(H2,18,19,20,23);2-9H,1H3,(H,16,17,18);3-6H,7,10H2,1-2H3;2-5H,1H3,(H,8,9,10);2-4H,1H3,(H2,7,8). The van der Waals surface area contributed by atoms with Crippen molar-refractivity contribution < 1.29 is 31.9 Å². The van der Waals surface area contributed by atoms with E-state index in [1.54, 1.807) is 108 Å². The number of thiocarbonyl (C=S) groups is 1. The summed E-state index contributed by atoms with van der Waals surface area (Å²) in [5, 5.41) is 10.7. The Kier molecular flexibility index (Phi) is 24.1. The van der Waals surface area contributed by atoms with E-state index in [1.807, 2.05) is 107 Å². The van der Waals surface area contributed by atoms with Gasteiger partial charge in [0.2, 0.25) is 11.6 Å². The molecule has 1 aromatic carbocycles. The van der Waals surface area contributed by atoms with E-state index in [9.17, 15) is 8.42 Å². The van der Waals surface area contributed by atoms with Crippen LogP contribution in [0.1, 0.15) is 33.4 Å². The van der Waals surface area contributed by atoms with Crippen LogP contribution < -0.4 is 27.4 Å². The number of thiazole rings is 1. The van der Waals surface area contributed by atoms with Crippen molar-refractivity contribution in [2.75, 3.05) is 57.9 Å². The average molecular weight is 1060 g/mol. The monoisotopic (exact) mass is 1060 g/mol. The lowest BCUT2D eigenvalue weighted by Crippen LogP contribution is -2.45. The van der Waals surface area contributed by atoms with E-state index in [2.05, 4.69) is 50.8 Å². The Labute approximate surface area is 442 Å². The number of aryl methyl sites for hydroxylation is 4. The van der Waals surface area contributed by atoms with Gasteiger partial charge in [0.1, 0.15) is 17.5 Å². The van der Waals surface area contributed by atoms with Crippen molar-refractivity contribution in [1.82, 2.24) is 40.2 Å². The Hall–Kier alpha value is -7.25. The molecule has 0 saturated carbocycles. The number of aromatic nitrogens is 7. The molecule has 0 aliphatic rings. The first kappa shape index (κ1) is 59.3. The minimum Gasteiger partial charge on any atom is -0.383 e. The minimum absolute atomic E-state index is 0.0666. The molecule has 0 fully saturated rings. The lowest BCUT2D eigenvalue weighted by molar-refractivity contribution is -0.210. The molecule has 390 valence electrons. The van der Waals surface area contributed by atoms with Gasteiger partial charge < -0.3 is 46.4 Å². The van der Waals surface area contributed by atoms with Crippen molar-refractivity contribution >= 4 is 61.4 Å². The maximum absolute atomic E-state index is 10.5. The quantitative estimate of drug-likeness (QED) is 0.0338. The zero-order valence-corrected chi connectivity index (χ0v) is 44.8. The Morgan fingerprint density at radius 2 is 1.11 bits per heavy atom. The number of hydrogen-bond acceptors (Lipinski definition) is 18. The van der Waals surface area contributed by atoms with Crippen LogP contribution in [0.2, 0.25) is 0 Å². The van der Waals surface area contributed by atoms with Crippen molar-refractivity contribution in [3.8, 4) is 10.4 Å². The van der Waals surface area contributed by atoms with E-state index < -0.39 is 21.7 Å². The van der Waals surface area contributed by atoms with Gasteiger partial charge in [-0.2, -0.15) is 8.42 Å². The summed E-state index contributed by atoms with van der Waals surface area (Å²) >= 11 is 6.92. The molecule has 0 saturated heterocycles.